The first-order chi connectivity index (χ1) is 5.83. The lowest BCUT2D eigenvalue weighted by molar-refractivity contribution is 0.284. The molecule has 66 valence electrons. The van der Waals surface area contributed by atoms with Crippen LogP contribution >= 0.6 is 0 Å². The van der Waals surface area contributed by atoms with Crippen molar-refractivity contribution < 1.29 is 5.11 Å². The summed E-state index contributed by atoms with van der Waals surface area (Å²) < 4.78 is 0. The number of aliphatic hydroxyl groups excluding tert-OH is 1. The molecule has 0 fully saturated rings. The van der Waals surface area contributed by atoms with Crippen molar-refractivity contribution in [2.45, 2.75) is 19.3 Å². The van der Waals surface area contributed by atoms with Crippen LogP contribution in [0.2, 0.25) is 0 Å². The van der Waals surface area contributed by atoms with Crippen molar-refractivity contribution in [1.29, 1.82) is 0 Å². The van der Waals surface area contributed by atoms with Crippen LogP contribution < -0.4 is 5.73 Å². The number of aromatic nitrogens is 1. The summed E-state index contributed by atoms with van der Waals surface area (Å²) in [5, 5.41) is 8.55. The van der Waals surface area contributed by atoms with Gasteiger partial charge in [-0.2, -0.15) is 0 Å². The quantitative estimate of drug-likeness (QED) is 0.655. The zero-order valence-electron chi connectivity index (χ0n) is 7.03. The van der Waals surface area contributed by atoms with Gasteiger partial charge in [-0.3, -0.25) is 4.98 Å². The van der Waals surface area contributed by atoms with E-state index in [2.05, 4.69) is 4.98 Å². The third kappa shape index (κ3) is 2.88. The summed E-state index contributed by atoms with van der Waals surface area (Å²) in [6.45, 7) is 0.252. The Kier molecular flexibility index (Phi) is 3.54. The molecule has 1 aromatic rings. The van der Waals surface area contributed by atoms with Gasteiger partial charge in [0.1, 0.15) is 0 Å². The van der Waals surface area contributed by atoms with Crippen LogP contribution in [0.25, 0.3) is 0 Å². The number of hydrogen-bond donors (Lipinski definition) is 2. The van der Waals surface area contributed by atoms with Crippen molar-refractivity contribution in [3.05, 3.63) is 24.0 Å². The number of nitrogens with zero attached hydrogens (tertiary/aromatic N) is 1. The zero-order chi connectivity index (χ0) is 8.81. The highest BCUT2D eigenvalue weighted by Crippen LogP contribution is 2.05. The number of unbranched alkanes of at least 4 members (excludes halogenated alkanes) is 1. The molecule has 0 amide bonds. The molecule has 0 saturated carbocycles. The van der Waals surface area contributed by atoms with Crippen LogP contribution in [-0.4, -0.2) is 16.7 Å². The fourth-order valence-corrected chi connectivity index (χ4v) is 1.05. The molecule has 0 bridgehead atoms. The summed E-state index contributed by atoms with van der Waals surface area (Å²) in [6, 6.07) is 3.65. The molecule has 0 aliphatic carbocycles. The second kappa shape index (κ2) is 4.72. The smallest absolute Gasteiger partial charge is 0.0431 e. The molecule has 0 spiro atoms. The summed E-state index contributed by atoms with van der Waals surface area (Å²) in [6.07, 6.45) is 4.40. The van der Waals surface area contributed by atoms with E-state index in [0.29, 0.717) is 0 Å². The first-order valence-electron chi connectivity index (χ1n) is 4.14. The minimum Gasteiger partial charge on any atom is -0.399 e. The Balaban J connectivity index is 2.41. The third-order valence-electron chi connectivity index (χ3n) is 1.68. The molecule has 0 aliphatic rings. The van der Waals surface area contributed by atoms with Crippen LogP contribution in [-0.2, 0) is 6.42 Å². The third-order valence-corrected chi connectivity index (χ3v) is 1.68. The highest BCUT2D eigenvalue weighted by atomic mass is 16.2. The van der Waals surface area contributed by atoms with Crippen LogP contribution in [0.15, 0.2) is 18.3 Å². The number of anilines is 1. The highest BCUT2D eigenvalue weighted by molar-refractivity contribution is 5.37. The van der Waals surface area contributed by atoms with E-state index < -0.39 is 0 Å². The molecule has 1 heterocycles. The van der Waals surface area contributed by atoms with Gasteiger partial charge in [0.15, 0.2) is 0 Å². The van der Waals surface area contributed by atoms with Gasteiger partial charge in [0, 0.05) is 24.2 Å². The number of nitrogens with two attached hydrogens (primary N) is 1. The van der Waals surface area contributed by atoms with E-state index in [1.807, 2.05) is 6.07 Å². The van der Waals surface area contributed by atoms with Crippen molar-refractivity contribution in [2.24, 2.45) is 0 Å². The second-order valence-electron chi connectivity index (χ2n) is 2.76. The van der Waals surface area contributed by atoms with Gasteiger partial charge in [0.2, 0.25) is 0 Å². The van der Waals surface area contributed by atoms with Crippen molar-refractivity contribution in [2.75, 3.05) is 12.3 Å². The Morgan fingerprint density at radius 1 is 1.42 bits per heavy atom. The SMILES string of the molecule is Nc1ccnc(CCCCO)c1. The second-order valence-corrected chi connectivity index (χ2v) is 2.76. The molecule has 0 saturated heterocycles. The number of nitrogen functional groups attached to an aromatic ring is 1. The van der Waals surface area contributed by atoms with Crippen LogP contribution in [0.3, 0.4) is 0 Å². The molecule has 0 atom stereocenters. The van der Waals surface area contributed by atoms with E-state index in [0.717, 1.165) is 30.6 Å². The van der Waals surface area contributed by atoms with E-state index >= 15 is 0 Å². The van der Waals surface area contributed by atoms with Crippen LogP contribution in [0.5, 0.6) is 0 Å². The predicted octanol–water partition coefficient (Wildman–Crippen LogP) is 0.979. The van der Waals surface area contributed by atoms with Crippen molar-refractivity contribution in [3.63, 3.8) is 0 Å². The Bertz CT molecular complexity index is 238. The lowest BCUT2D eigenvalue weighted by Gasteiger charge is -1.99. The normalized spacial score (nSPS) is 10.1. The van der Waals surface area contributed by atoms with Gasteiger partial charge in [-0.05, 0) is 31.4 Å². The molecule has 3 N–H and O–H groups in total. The number of pyridine rings is 1. The molecule has 1 rings (SSSR count). The monoisotopic (exact) mass is 166 g/mol. The Morgan fingerprint density at radius 3 is 2.92 bits per heavy atom. The molecular weight excluding hydrogens is 152 g/mol. The average Bonchev–Trinajstić information content (AvgIpc) is 2.05. The largest absolute Gasteiger partial charge is 0.399 e. The molecule has 3 heteroatoms. The Hall–Kier alpha value is -1.09. The number of aliphatic hydroxyl groups is 1. The van der Waals surface area contributed by atoms with Gasteiger partial charge < -0.3 is 10.8 Å². The molecule has 0 unspecified atom stereocenters. The van der Waals surface area contributed by atoms with Gasteiger partial charge in [-0.25, -0.2) is 0 Å². The highest BCUT2D eigenvalue weighted by Gasteiger charge is 1.94. The standard InChI is InChI=1S/C9H14N2O/c10-8-4-5-11-9(7-8)3-1-2-6-12/h4-5,7,12H,1-3,6H2,(H2,10,11). The van der Waals surface area contributed by atoms with E-state index in [1.165, 1.54) is 0 Å². The van der Waals surface area contributed by atoms with Crippen LogP contribution in [0.4, 0.5) is 5.69 Å². The van der Waals surface area contributed by atoms with Crippen LogP contribution in [0.1, 0.15) is 18.5 Å². The minimum atomic E-state index is 0.252. The molecule has 0 aromatic carbocycles. The summed E-state index contributed by atoms with van der Waals surface area (Å²) in [7, 11) is 0. The maximum Gasteiger partial charge on any atom is 0.0431 e. The minimum absolute atomic E-state index is 0.252. The molecule has 0 radical (unpaired) electrons. The van der Waals surface area contributed by atoms with E-state index in [-0.39, 0.29) is 6.61 Å². The topological polar surface area (TPSA) is 59.1 Å². The van der Waals surface area contributed by atoms with E-state index in [1.54, 1.807) is 12.3 Å². The Labute approximate surface area is 72.2 Å². The molecular formula is C9H14N2O. The lowest BCUT2D eigenvalue weighted by Crippen LogP contribution is -1.94. The summed E-state index contributed by atoms with van der Waals surface area (Å²) in [4.78, 5) is 4.15. The summed E-state index contributed by atoms with van der Waals surface area (Å²) in [5.74, 6) is 0. The van der Waals surface area contributed by atoms with Crippen molar-refractivity contribution >= 4 is 5.69 Å². The van der Waals surface area contributed by atoms with E-state index in [4.69, 9.17) is 10.8 Å². The van der Waals surface area contributed by atoms with Gasteiger partial charge >= 0.3 is 0 Å². The van der Waals surface area contributed by atoms with E-state index in [9.17, 15) is 0 Å². The molecule has 1 aromatic heterocycles. The van der Waals surface area contributed by atoms with Crippen LogP contribution in [0, 0.1) is 0 Å². The molecule has 3 nitrogen and oxygen atoms in total. The van der Waals surface area contributed by atoms with Gasteiger partial charge in [0.05, 0.1) is 0 Å². The molecule has 12 heavy (non-hydrogen) atoms. The number of aryl methyl sites for hydroxylation is 1. The average molecular weight is 166 g/mol. The summed E-state index contributed by atoms with van der Waals surface area (Å²) >= 11 is 0. The predicted molar refractivity (Wildman–Crippen MR) is 48.7 cm³/mol. The number of hydrogen-bond acceptors (Lipinski definition) is 3. The van der Waals surface area contributed by atoms with Gasteiger partial charge in [-0.1, -0.05) is 0 Å². The maximum atomic E-state index is 8.55. The van der Waals surface area contributed by atoms with Gasteiger partial charge in [-0.15, -0.1) is 0 Å². The lowest BCUT2D eigenvalue weighted by atomic mass is 10.2. The van der Waals surface area contributed by atoms with Crippen molar-refractivity contribution in [1.82, 2.24) is 4.98 Å². The molecule has 0 aliphatic heterocycles. The summed E-state index contributed by atoms with van der Waals surface area (Å²) in [5.41, 5.74) is 7.33. The van der Waals surface area contributed by atoms with Gasteiger partial charge in [0.25, 0.3) is 0 Å². The first-order valence-corrected chi connectivity index (χ1v) is 4.14. The fourth-order valence-electron chi connectivity index (χ4n) is 1.05. The Morgan fingerprint density at radius 2 is 2.25 bits per heavy atom. The zero-order valence-corrected chi connectivity index (χ0v) is 7.03. The number of rotatable bonds is 4. The maximum absolute atomic E-state index is 8.55. The van der Waals surface area contributed by atoms with Crippen molar-refractivity contribution in [3.8, 4) is 0 Å². The first kappa shape index (κ1) is 9.00. The fraction of sp³-hybridized carbons (Fsp3) is 0.444.